The van der Waals surface area contributed by atoms with E-state index >= 15 is 0 Å². The van der Waals surface area contributed by atoms with Crippen LogP contribution >= 0.6 is 15.9 Å². The van der Waals surface area contributed by atoms with E-state index in [4.69, 9.17) is 0 Å². The van der Waals surface area contributed by atoms with Crippen molar-refractivity contribution >= 4 is 21.8 Å². The summed E-state index contributed by atoms with van der Waals surface area (Å²) in [4.78, 5) is 13.7. The Morgan fingerprint density at radius 2 is 2.07 bits per heavy atom. The highest BCUT2D eigenvalue weighted by molar-refractivity contribution is 9.10. The van der Waals surface area contributed by atoms with Crippen LogP contribution in [0.15, 0.2) is 22.7 Å². The average molecular weight is 268 g/mol. The lowest BCUT2D eigenvalue weighted by atomic mass is 9.78. The van der Waals surface area contributed by atoms with E-state index in [1.165, 1.54) is 0 Å². The fourth-order valence-corrected chi connectivity index (χ4v) is 2.60. The van der Waals surface area contributed by atoms with E-state index in [0.717, 1.165) is 22.1 Å². The Balaban J connectivity index is 2.64. The van der Waals surface area contributed by atoms with Crippen molar-refractivity contribution in [3.05, 3.63) is 33.8 Å². The highest BCUT2D eigenvalue weighted by Crippen LogP contribution is 2.33. The van der Waals surface area contributed by atoms with Gasteiger partial charge < -0.3 is 4.90 Å². The zero-order chi connectivity index (χ0) is 11.2. The van der Waals surface area contributed by atoms with E-state index in [9.17, 15) is 4.79 Å². The summed E-state index contributed by atoms with van der Waals surface area (Å²) in [5.41, 5.74) is 2.01. The third-order valence-electron chi connectivity index (χ3n) is 2.92. The minimum absolute atomic E-state index is 0.0404. The Bertz CT molecular complexity index is 426. The van der Waals surface area contributed by atoms with Gasteiger partial charge >= 0.3 is 0 Å². The summed E-state index contributed by atoms with van der Waals surface area (Å²) >= 11 is 3.40. The molecule has 1 aromatic rings. The van der Waals surface area contributed by atoms with E-state index in [1.807, 2.05) is 25.2 Å². The lowest BCUT2D eigenvalue weighted by Crippen LogP contribution is -2.44. The molecule has 0 bridgehead atoms. The summed E-state index contributed by atoms with van der Waals surface area (Å²) < 4.78 is 0.959. The topological polar surface area (TPSA) is 20.3 Å². The van der Waals surface area contributed by atoms with Crippen LogP contribution < -0.4 is 0 Å². The smallest absolute Gasteiger partial charge is 0.253 e. The molecule has 15 heavy (non-hydrogen) atoms. The maximum atomic E-state index is 12.0. The zero-order valence-corrected chi connectivity index (χ0v) is 10.8. The van der Waals surface area contributed by atoms with Gasteiger partial charge in [0.05, 0.1) is 0 Å². The van der Waals surface area contributed by atoms with Gasteiger partial charge in [-0.2, -0.15) is 0 Å². The van der Waals surface area contributed by atoms with Crippen LogP contribution in [0.4, 0.5) is 0 Å². The van der Waals surface area contributed by atoms with Gasteiger partial charge in [-0.3, -0.25) is 4.79 Å². The highest BCUT2D eigenvalue weighted by atomic mass is 79.9. The van der Waals surface area contributed by atoms with Crippen LogP contribution in [0.5, 0.6) is 0 Å². The van der Waals surface area contributed by atoms with Gasteiger partial charge in [-0.05, 0) is 17.7 Å². The summed E-state index contributed by atoms with van der Waals surface area (Å²) in [7, 11) is 1.86. The Kier molecular flexibility index (Phi) is 2.38. The van der Waals surface area contributed by atoms with E-state index in [1.54, 1.807) is 4.90 Å². The Morgan fingerprint density at radius 1 is 1.40 bits per heavy atom. The second kappa shape index (κ2) is 3.34. The Labute approximate surface area is 98.4 Å². The summed E-state index contributed by atoms with van der Waals surface area (Å²) in [6, 6.07) is 5.96. The number of carbonyl (C=O) groups is 1. The number of carbonyl (C=O) groups excluding carboxylic acids is 1. The number of likely N-dealkylation sites (N-methyl/N-ethyl adjacent to an activating group) is 1. The summed E-state index contributed by atoms with van der Waals surface area (Å²) in [5, 5.41) is 0. The molecule has 0 saturated carbocycles. The van der Waals surface area contributed by atoms with Gasteiger partial charge in [-0.15, -0.1) is 0 Å². The van der Waals surface area contributed by atoms with Gasteiger partial charge in [0.2, 0.25) is 0 Å². The van der Waals surface area contributed by atoms with E-state index in [0.29, 0.717) is 0 Å². The normalized spacial score (nSPS) is 18.9. The van der Waals surface area contributed by atoms with Gasteiger partial charge in [-0.25, -0.2) is 0 Å². The van der Waals surface area contributed by atoms with E-state index in [2.05, 4.69) is 29.8 Å². The van der Waals surface area contributed by atoms with Crippen LogP contribution in [-0.4, -0.2) is 24.4 Å². The minimum Gasteiger partial charge on any atom is -0.341 e. The molecule has 1 aliphatic rings. The number of amides is 1. The molecule has 0 fully saturated rings. The second-order valence-electron chi connectivity index (χ2n) is 4.74. The number of hydrogen-bond donors (Lipinski definition) is 0. The SMILES string of the molecule is CN1CC(C)(C)c2ccc(Br)cc2C1=O. The number of rotatable bonds is 0. The molecule has 1 heterocycles. The number of hydrogen-bond acceptors (Lipinski definition) is 1. The quantitative estimate of drug-likeness (QED) is 0.708. The predicted octanol–water partition coefficient (Wildman–Crippen LogP) is 2.81. The van der Waals surface area contributed by atoms with Crippen molar-refractivity contribution in [3.8, 4) is 0 Å². The zero-order valence-electron chi connectivity index (χ0n) is 9.17. The fraction of sp³-hybridized carbons (Fsp3) is 0.417. The molecule has 0 unspecified atom stereocenters. The number of benzene rings is 1. The first-order valence-corrected chi connectivity index (χ1v) is 5.76. The second-order valence-corrected chi connectivity index (χ2v) is 5.65. The molecule has 1 aliphatic heterocycles. The number of nitrogens with zero attached hydrogens (tertiary/aromatic N) is 1. The molecule has 1 aromatic carbocycles. The molecule has 2 rings (SSSR count). The largest absolute Gasteiger partial charge is 0.341 e. The van der Waals surface area contributed by atoms with Crippen LogP contribution in [-0.2, 0) is 5.41 Å². The standard InChI is InChI=1S/C12H14BrNO/c1-12(2)7-14(3)11(15)9-6-8(13)4-5-10(9)12/h4-6H,7H2,1-3H3. The predicted molar refractivity (Wildman–Crippen MR) is 64.1 cm³/mol. The van der Waals surface area contributed by atoms with Gasteiger partial charge in [0.1, 0.15) is 0 Å². The molecule has 0 saturated heterocycles. The maximum absolute atomic E-state index is 12.0. The number of halogens is 1. The van der Waals surface area contributed by atoms with Gasteiger partial charge in [0, 0.05) is 29.0 Å². The highest BCUT2D eigenvalue weighted by Gasteiger charge is 2.34. The maximum Gasteiger partial charge on any atom is 0.253 e. The van der Waals surface area contributed by atoms with E-state index < -0.39 is 0 Å². The molecule has 2 nitrogen and oxygen atoms in total. The molecule has 80 valence electrons. The van der Waals surface area contributed by atoms with Crippen molar-refractivity contribution in [1.29, 1.82) is 0 Å². The first-order chi connectivity index (χ1) is 6.92. The molecule has 0 radical (unpaired) electrons. The van der Waals surface area contributed by atoms with Crippen LogP contribution in [0.25, 0.3) is 0 Å². The Morgan fingerprint density at radius 3 is 2.73 bits per heavy atom. The molecule has 0 spiro atoms. The minimum atomic E-state index is 0.0404. The molecule has 3 heteroatoms. The third kappa shape index (κ3) is 1.69. The van der Waals surface area contributed by atoms with Crippen LogP contribution in [0, 0.1) is 0 Å². The number of fused-ring (bicyclic) bond motifs is 1. The van der Waals surface area contributed by atoms with E-state index in [-0.39, 0.29) is 11.3 Å². The van der Waals surface area contributed by atoms with Crippen LogP contribution in [0.1, 0.15) is 29.8 Å². The van der Waals surface area contributed by atoms with Crippen molar-refractivity contribution < 1.29 is 4.79 Å². The molecule has 0 N–H and O–H groups in total. The first kappa shape index (κ1) is 10.7. The van der Waals surface area contributed by atoms with Gasteiger partial charge in [0.25, 0.3) is 5.91 Å². The molecule has 0 atom stereocenters. The summed E-state index contributed by atoms with van der Waals surface area (Å²) in [6.45, 7) is 5.12. The molecular weight excluding hydrogens is 254 g/mol. The van der Waals surface area contributed by atoms with Crippen LogP contribution in [0.2, 0.25) is 0 Å². The molecule has 1 amide bonds. The van der Waals surface area contributed by atoms with Crippen molar-refractivity contribution in [1.82, 2.24) is 4.90 Å². The Hall–Kier alpha value is -0.830. The van der Waals surface area contributed by atoms with Crippen molar-refractivity contribution in [3.63, 3.8) is 0 Å². The molecule has 0 aromatic heterocycles. The average Bonchev–Trinajstić information content (AvgIpc) is 2.13. The van der Waals surface area contributed by atoms with Crippen molar-refractivity contribution in [2.45, 2.75) is 19.3 Å². The molecular formula is C12H14BrNO. The first-order valence-electron chi connectivity index (χ1n) is 4.97. The van der Waals surface area contributed by atoms with Crippen LogP contribution in [0.3, 0.4) is 0 Å². The van der Waals surface area contributed by atoms with Crippen molar-refractivity contribution in [2.24, 2.45) is 0 Å². The van der Waals surface area contributed by atoms with Gasteiger partial charge in [-0.1, -0.05) is 35.8 Å². The van der Waals surface area contributed by atoms with Gasteiger partial charge in [0.15, 0.2) is 0 Å². The fourth-order valence-electron chi connectivity index (χ4n) is 2.24. The van der Waals surface area contributed by atoms with Crippen molar-refractivity contribution in [2.75, 3.05) is 13.6 Å². The lowest BCUT2D eigenvalue weighted by molar-refractivity contribution is 0.0737. The monoisotopic (exact) mass is 267 g/mol. The lowest BCUT2D eigenvalue weighted by Gasteiger charge is -2.37. The summed E-state index contributed by atoms with van der Waals surface area (Å²) in [6.07, 6.45) is 0. The molecule has 0 aliphatic carbocycles. The summed E-state index contributed by atoms with van der Waals surface area (Å²) in [5.74, 6) is 0.116. The third-order valence-corrected chi connectivity index (χ3v) is 3.41.